The Morgan fingerprint density at radius 1 is 0.882 bits per heavy atom. The van der Waals surface area contributed by atoms with Gasteiger partial charge in [-0.05, 0) is 11.7 Å². The van der Waals surface area contributed by atoms with Gasteiger partial charge in [0, 0.05) is 18.2 Å². The molecule has 0 aliphatic carbocycles. The Morgan fingerprint density at radius 2 is 1.41 bits per heavy atom. The van der Waals surface area contributed by atoms with Crippen LogP contribution in [0.3, 0.4) is 0 Å². The summed E-state index contributed by atoms with van der Waals surface area (Å²) < 4.78 is 35.1. The zero-order valence-electron chi connectivity index (χ0n) is 10.4. The number of hydrogen-bond donors (Lipinski definition) is 0. The summed E-state index contributed by atoms with van der Waals surface area (Å²) in [6.07, 6.45) is 10.1. The van der Waals surface area contributed by atoms with Crippen LogP contribution in [0, 0.1) is 11.2 Å². The first-order chi connectivity index (χ1) is 8.06. The average Bonchev–Trinajstić information content (AvgIpc) is 2.24. The quantitative estimate of drug-likeness (QED) is 0.399. The van der Waals surface area contributed by atoms with Crippen LogP contribution >= 0.6 is 11.8 Å². The Balaban J connectivity index is 3.18. The standard InChI is InChI=1S/C13H21F3S/c1-2-3-4-5-6-7-8-9-10-11-12-17-13(14,15)16/h2-10H2,1H3. The summed E-state index contributed by atoms with van der Waals surface area (Å²) in [4.78, 5) is 0. The van der Waals surface area contributed by atoms with Crippen LogP contribution < -0.4 is 0 Å². The molecule has 0 spiro atoms. The minimum absolute atomic E-state index is 0.250. The van der Waals surface area contributed by atoms with Gasteiger partial charge in [0.05, 0.1) is 0 Å². The fourth-order valence-electron chi connectivity index (χ4n) is 1.49. The lowest BCUT2D eigenvalue weighted by atomic mass is 10.1. The average molecular weight is 266 g/mol. The van der Waals surface area contributed by atoms with E-state index in [0.717, 1.165) is 12.8 Å². The molecule has 4 heteroatoms. The van der Waals surface area contributed by atoms with Gasteiger partial charge < -0.3 is 0 Å². The molecule has 0 saturated heterocycles. The fraction of sp³-hybridized carbons (Fsp3) is 0.846. The second kappa shape index (κ2) is 10.8. The lowest BCUT2D eigenvalue weighted by Gasteiger charge is -1.99. The molecular weight excluding hydrogens is 245 g/mol. The van der Waals surface area contributed by atoms with Crippen LogP contribution in [0.1, 0.15) is 64.7 Å². The maximum Gasteiger partial charge on any atom is 0.453 e. The topological polar surface area (TPSA) is 0 Å². The molecule has 0 aromatic rings. The molecule has 0 aromatic carbocycles. The van der Waals surface area contributed by atoms with E-state index in [4.69, 9.17) is 0 Å². The van der Waals surface area contributed by atoms with Crippen molar-refractivity contribution in [3.63, 3.8) is 0 Å². The van der Waals surface area contributed by atoms with Crippen LogP contribution in [0.15, 0.2) is 0 Å². The van der Waals surface area contributed by atoms with Gasteiger partial charge in [-0.25, -0.2) is 0 Å². The van der Waals surface area contributed by atoms with E-state index >= 15 is 0 Å². The number of halogens is 3. The molecular formula is C13H21F3S. The molecule has 0 fully saturated rings. The molecule has 0 aliphatic rings. The summed E-state index contributed by atoms with van der Waals surface area (Å²) in [6, 6.07) is 0. The maximum atomic E-state index is 11.7. The van der Waals surface area contributed by atoms with Crippen molar-refractivity contribution in [1.29, 1.82) is 0 Å². The summed E-state index contributed by atoms with van der Waals surface area (Å²) >= 11 is -0.250. The highest BCUT2D eigenvalue weighted by molar-refractivity contribution is 8.04. The van der Waals surface area contributed by atoms with Gasteiger partial charge in [-0.15, -0.1) is 0 Å². The van der Waals surface area contributed by atoms with Crippen molar-refractivity contribution in [2.45, 2.75) is 70.2 Å². The van der Waals surface area contributed by atoms with Gasteiger partial charge in [0.15, 0.2) is 0 Å². The third-order valence-electron chi connectivity index (χ3n) is 2.39. The molecule has 0 aromatic heterocycles. The Kier molecular flexibility index (Phi) is 10.6. The van der Waals surface area contributed by atoms with E-state index in [2.05, 4.69) is 18.1 Å². The minimum atomic E-state index is -4.22. The first-order valence-electron chi connectivity index (χ1n) is 6.29. The van der Waals surface area contributed by atoms with Crippen LogP contribution in [0.25, 0.3) is 0 Å². The van der Waals surface area contributed by atoms with E-state index in [1.807, 2.05) is 0 Å². The molecule has 0 atom stereocenters. The Labute approximate surface area is 107 Å². The van der Waals surface area contributed by atoms with Crippen molar-refractivity contribution in [3.8, 4) is 11.2 Å². The molecule has 0 saturated carbocycles. The maximum absolute atomic E-state index is 11.7. The van der Waals surface area contributed by atoms with Gasteiger partial charge in [-0.2, -0.15) is 13.2 Å². The van der Waals surface area contributed by atoms with Crippen molar-refractivity contribution < 1.29 is 13.2 Å². The predicted molar refractivity (Wildman–Crippen MR) is 68.6 cm³/mol. The molecule has 100 valence electrons. The summed E-state index contributed by atoms with van der Waals surface area (Å²) in [6.45, 7) is 2.19. The van der Waals surface area contributed by atoms with Gasteiger partial charge in [0.2, 0.25) is 0 Å². The lowest BCUT2D eigenvalue weighted by molar-refractivity contribution is -0.0318. The molecule has 0 amide bonds. The molecule has 0 nitrogen and oxygen atoms in total. The number of hydrogen-bond acceptors (Lipinski definition) is 1. The van der Waals surface area contributed by atoms with Gasteiger partial charge in [-0.3, -0.25) is 0 Å². The van der Waals surface area contributed by atoms with E-state index in [1.165, 1.54) is 38.5 Å². The first kappa shape index (κ1) is 16.7. The fourth-order valence-corrected chi connectivity index (χ4v) is 1.78. The number of thioether (sulfide) groups is 1. The zero-order valence-corrected chi connectivity index (χ0v) is 11.2. The highest BCUT2D eigenvalue weighted by atomic mass is 32.2. The van der Waals surface area contributed by atoms with Gasteiger partial charge >= 0.3 is 5.51 Å². The highest BCUT2D eigenvalue weighted by Gasteiger charge is 2.27. The van der Waals surface area contributed by atoms with Crippen molar-refractivity contribution >= 4 is 11.8 Å². The lowest BCUT2D eigenvalue weighted by Crippen LogP contribution is -1.96. The second-order valence-electron chi connectivity index (χ2n) is 4.05. The Bertz CT molecular complexity index is 225. The number of alkyl halides is 3. The van der Waals surface area contributed by atoms with Gasteiger partial charge in [-0.1, -0.05) is 57.8 Å². The molecule has 0 bridgehead atoms. The van der Waals surface area contributed by atoms with Gasteiger partial charge in [0.25, 0.3) is 0 Å². The monoisotopic (exact) mass is 266 g/mol. The Hall–Kier alpha value is -0.300. The van der Waals surface area contributed by atoms with Gasteiger partial charge in [0.1, 0.15) is 0 Å². The third kappa shape index (κ3) is 15.7. The smallest absolute Gasteiger partial charge is 0.160 e. The first-order valence-corrected chi connectivity index (χ1v) is 7.10. The SMILES string of the molecule is CCCCCCCCCCC#CSC(F)(F)F. The molecule has 0 rings (SSSR count). The number of rotatable bonds is 8. The molecule has 0 aliphatic heterocycles. The molecule has 0 unspecified atom stereocenters. The van der Waals surface area contributed by atoms with Crippen molar-refractivity contribution in [2.24, 2.45) is 0 Å². The van der Waals surface area contributed by atoms with Crippen LogP contribution in [-0.4, -0.2) is 5.51 Å². The largest absolute Gasteiger partial charge is 0.453 e. The van der Waals surface area contributed by atoms with E-state index < -0.39 is 5.51 Å². The van der Waals surface area contributed by atoms with Crippen LogP contribution in [0.5, 0.6) is 0 Å². The number of unbranched alkanes of at least 4 members (excludes halogenated alkanes) is 8. The summed E-state index contributed by atoms with van der Waals surface area (Å²) in [5, 5.41) is 2.09. The zero-order chi connectivity index (χ0) is 13.0. The van der Waals surface area contributed by atoms with Crippen molar-refractivity contribution in [3.05, 3.63) is 0 Å². The molecule has 0 N–H and O–H groups in total. The van der Waals surface area contributed by atoms with Crippen molar-refractivity contribution in [2.75, 3.05) is 0 Å². The Morgan fingerprint density at radius 3 is 1.94 bits per heavy atom. The van der Waals surface area contributed by atoms with E-state index in [1.54, 1.807) is 0 Å². The second-order valence-corrected chi connectivity index (χ2v) is 4.92. The summed E-state index contributed by atoms with van der Waals surface area (Å²) in [5.41, 5.74) is -4.22. The molecule has 0 heterocycles. The van der Waals surface area contributed by atoms with E-state index in [0.29, 0.717) is 6.42 Å². The predicted octanol–water partition coefficient (Wildman–Crippen LogP) is 5.73. The highest BCUT2D eigenvalue weighted by Crippen LogP contribution is 2.28. The van der Waals surface area contributed by atoms with E-state index in [9.17, 15) is 13.2 Å². The molecule has 17 heavy (non-hydrogen) atoms. The normalized spacial score (nSPS) is 11.1. The molecule has 0 radical (unpaired) electrons. The van der Waals surface area contributed by atoms with Crippen LogP contribution in [0.2, 0.25) is 0 Å². The van der Waals surface area contributed by atoms with Crippen LogP contribution in [0.4, 0.5) is 13.2 Å². The summed E-state index contributed by atoms with van der Waals surface area (Å²) in [7, 11) is 0. The summed E-state index contributed by atoms with van der Waals surface area (Å²) in [5.74, 6) is 2.55. The third-order valence-corrected chi connectivity index (χ3v) is 2.87. The van der Waals surface area contributed by atoms with E-state index in [-0.39, 0.29) is 11.8 Å². The van der Waals surface area contributed by atoms with Crippen LogP contribution in [-0.2, 0) is 0 Å². The minimum Gasteiger partial charge on any atom is -0.160 e. The van der Waals surface area contributed by atoms with Crippen molar-refractivity contribution in [1.82, 2.24) is 0 Å².